The monoisotopic (exact) mass is 450 g/mol. The van der Waals surface area contributed by atoms with E-state index in [9.17, 15) is 24.6 Å². The topological polar surface area (TPSA) is 107 Å². The highest BCUT2D eigenvalue weighted by Gasteiger charge is 2.80. The van der Waals surface area contributed by atoms with Crippen LogP contribution in [0.25, 0.3) is 0 Å². The maximum atomic E-state index is 14.1. The van der Waals surface area contributed by atoms with Crippen LogP contribution in [0.4, 0.5) is 0 Å². The molecule has 3 saturated heterocycles. The summed E-state index contributed by atoms with van der Waals surface area (Å²) < 4.78 is 6.51. The van der Waals surface area contributed by atoms with Gasteiger partial charge in [-0.3, -0.25) is 14.4 Å². The summed E-state index contributed by atoms with van der Waals surface area (Å²) in [4.78, 5) is 43.5. The summed E-state index contributed by atoms with van der Waals surface area (Å²) in [5.74, 6) is -3.95. The van der Waals surface area contributed by atoms with Crippen molar-refractivity contribution in [1.29, 1.82) is 0 Å². The largest absolute Gasteiger partial charge is 0.481 e. The molecule has 8 nitrogen and oxygen atoms in total. The number of likely N-dealkylation sites (tertiary alicyclic amines) is 1. The smallest absolute Gasteiger partial charge is 0.310 e. The minimum absolute atomic E-state index is 0.0742. The summed E-state index contributed by atoms with van der Waals surface area (Å²) in [7, 11) is 0. The highest BCUT2D eigenvalue weighted by atomic mass is 16.5. The number of hydrogen-bond donors (Lipinski definition) is 2. The molecule has 2 bridgehead atoms. The maximum absolute atomic E-state index is 14.1. The molecule has 180 valence electrons. The molecule has 0 radical (unpaired) electrons. The van der Waals surface area contributed by atoms with Crippen LogP contribution < -0.4 is 0 Å². The summed E-state index contributed by atoms with van der Waals surface area (Å²) in [5, 5.41) is 20.4. The first-order chi connectivity index (χ1) is 14.9. The van der Waals surface area contributed by atoms with Gasteiger partial charge in [-0.1, -0.05) is 33.3 Å². The quantitative estimate of drug-likeness (QED) is 0.520. The minimum atomic E-state index is -1.22. The third-order valence-corrected chi connectivity index (χ3v) is 8.33. The number of aliphatic hydroxyl groups excluding tert-OH is 1. The second kappa shape index (κ2) is 8.45. The third-order valence-electron chi connectivity index (χ3n) is 8.33. The third kappa shape index (κ3) is 3.21. The van der Waals surface area contributed by atoms with Gasteiger partial charge >= 0.3 is 5.97 Å². The standard InChI is InChI=1S/C24H38N2O6/c1-8-10-25(13(3)4)21(29)19-24-11-15(6)23(7,32-24)18(22(30)31)17(24)20(28)26(19)16(12-27)14(5)9-2/h8,13-19,27H,1,9-12H2,2-7H3,(H,30,31)/t14-,15?,16-,17-,18-,19?,23+,24?/m0/s1. The molecule has 3 rings (SSSR count). The molecule has 3 aliphatic rings. The molecule has 0 aromatic rings. The Morgan fingerprint density at radius 1 is 1.38 bits per heavy atom. The van der Waals surface area contributed by atoms with Gasteiger partial charge in [-0.2, -0.15) is 0 Å². The van der Waals surface area contributed by atoms with Gasteiger partial charge in [0.1, 0.15) is 17.6 Å². The molecule has 2 N–H and O–H groups in total. The van der Waals surface area contributed by atoms with Crippen LogP contribution in [0.3, 0.4) is 0 Å². The number of carboxylic acid groups (broad SMARTS) is 1. The summed E-state index contributed by atoms with van der Waals surface area (Å²) in [6.07, 6.45) is 2.77. The van der Waals surface area contributed by atoms with Crippen molar-refractivity contribution in [3.05, 3.63) is 12.7 Å². The Morgan fingerprint density at radius 2 is 2.00 bits per heavy atom. The van der Waals surface area contributed by atoms with E-state index in [1.807, 2.05) is 34.6 Å². The number of carboxylic acids is 1. The summed E-state index contributed by atoms with van der Waals surface area (Å²) in [5.41, 5.74) is -2.25. The first-order valence-corrected chi connectivity index (χ1v) is 11.7. The van der Waals surface area contributed by atoms with Gasteiger partial charge in [0.2, 0.25) is 11.8 Å². The number of carbonyl (C=O) groups is 3. The van der Waals surface area contributed by atoms with Crippen LogP contribution in [0.15, 0.2) is 12.7 Å². The first kappa shape index (κ1) is 24.7. The maximum Gasteiger partial charge on any atom is 0.310 e. The molecule has 0 aromatic heterocycles. The molecular formula is C24H38N2O6. The minimum Gasteiger partial charge on any atom is -0.481 e. The van der Waals surface area contributed by atoms with Crippen molar-refractivity contribution in [1.82, 2.24) is 9.80 Å². The molecule has 3 unspecified atom stereocenters. The van der Waals surface area contributed by atoms with Crippen LogP contribution in [0, 0.1) is 23.7 Å². The van der Waals surface area contributed by atoms with E-state index in [0.29, 0.717) is 19.4 Å². The molecule has 8 atom stereocenters. The van der Waals surface area contributed by atoms with Crippen molar-refractivity contribution in [3.8, 4) is 0 Å². The highest BCUT2D eigenvalue weighted by Crippen LogP contribution is 2.65. The molecule has 8 heteroatoms. The van der Waals surface area contributed by atoms with E-state index in [-0.39, 0.29) is 30.4 Å². The Balaban J connectivity index is 2.21. The number of aliphatic hydroxyl groups is 1. The lowest BCUT2D eigenvalue weighted by molar-refractivity contribution is -0.161. The van der Waals surface area contributed by atoms with Gasteiger partial charge in [0.25, 0.3) is 0 Å². The Labute approximate surface area is 190 Å². The first-order valence-electron chi connectivity index (χ1n) is 11.7. The fourth-order valence-corrected chi connectivity index (χ4v) is 6.36. The molecule has 2 amide bonds. The molecule has 1 spiro atoms. The molecule has 3 heterocycles. The lowest BCUT2D eigenvalue weighted by atomic mass is 9.62. The SMILES string of the molecule is C=CCN(C(=O)C1N([C@@H](CO)[C@@H](C)CC)C(=O)[C@@H]2[C@@H](C(=O)O)[C@]3(C)OC12CC3C)C(C)C. The van der Waals surface area contributed by atoms with E-state index in [1.165, 1.54) is 4.90 Å². The normalized spacial score (nSPS) is 37.5. The average molecular weight is 451 g/mol. The molecule has 3 aliphatic heterocycles. The summed E-state index contributed by atoms with van der Waals surface area (Å²) >= 11 is 0. The van der Waals surface area contributed by atoms with Gasteiger partial charge in [0.15, 0.2) is 0 Å². The molecule has 3 fully saturated rings. The van der Waals surface area contributed by atoms with Crippen LogP contribution in [0.5, 0.6) is 0 Å². The van der Waals surface area contributed by atoms with Crippen molar-refractivity contribution in [3.63, 3.8) is 0 Å². The second-order valence-electron chi connectivity index (χ2n) is 10.3. The van der Waals surface area contributed by atoms with Crippen molar-refractivity contribution >= 4 is 17.8 Å². The Morgan fingerprint density at radius 3 is 2.47 bits per heavy atom. The van der Waals surface area contributed by atoms with Crippen molar-refractivity contribution in [2.45, 2.75) is 83.7 Å². The predicted molar refractivity (Wildman–Crippen MR) is 119 cm³/mol. The van der Waals surface area contributed by atoms with Crippen molar-refractivity contribution in [2.75, 3.05) is 13.2 Å². The molecular weight excluding hydrogens is 412 g/mol. The van der Waals surface area contributed by atoms with Crippen LogP contribution in [0.1, 0.15) is 54.4 Å². The summed E-state index contributed by atoms with van der Waals surface area (Å²) in [6, 6.07) is -1.73. The van der Waals surface area contributed by atoms with Crippen molar-refractivity contribution in [2.24, 2.45) is 23.7 Å². The lowest BCUT2D eigenvalue weighted by Crippen LogP contribution is -2.60. The van der Waals surface area contributed by atoms with E-state index in [1.54, 1.807) is 17.9 Å². The molecule has 0 aliphatic carbocycles. The zero-order valence-corrected chi connectivity index (χ0v) is 20.1. The second-order valence-corrected chi connectivity index (χ2v) is 10.3. The van der Waals surface area contributed by atoms with E-state index >= 15 is 0 Å². The van der Waals surface area contributed by atoms with Gasteiger partial charge < -0.3 is 24.7 Å². The number of hydrogen-bond acceptors (Lipinski definition) is 5. The van der Waals surface area contributed by atoms with Gasteiger partial charge in [-0.25, -0.2) is 0 Å². The summed E-state index contributed by atoms with van der Waals surface area (Å²) in [6.45, 7) is 15.1. The number of nitrogens with zero attached hydrogens (tertiary/aromatic N) is 2. The van der Waals surface area contributed by atoms with Gasteiger partial charge in [-0.15, -0.1) is 6.58 Å². The Bertz CT molecular complexity index is 799. The molecule has 0 saturated carbocycles. The highest BCUT2D eigenvalue weighted by molar-refractivity contribution is 5.98. The van der Waals surface area contributed by atoms with Gasteiger partial charge in [0.05, 0.1) is 24.2 Å². The number of amides is 2. The number of fused-ring (bicyclic) bond motifs is 1. The van der Waals surface area contributed by atoms with Crippen LogP contribution >= 0.6 is 0 Å². The van der Waals surface area contributed by atoms with E-state index in [0.717, 1.165) is 0 Å². The lowest BCUT2D eigenvalue weighted by Gasteiger charge is -2.42. The number of carbonyl (C=O) groups excluding carboxylic acids is 2. The Kier molecular flexibility index (Phi) is 6.52. The number of ether oxygens (including phenoxy) is 1. The zero-order valence-electron chi connectivity index (χ0n) is 20.1. The van der Waals surface area contributed by atoms with Crippen LogP contribution in [0.2, 0.25) is 0 Å². The number of rotatable bonds is 9. The Hall–Kier alpha value is -1.93. The van der Waals surface area contributed by atoms with Gasteiger partial charge in [-0.05, 0) is 39.0 Å². The van der Waals surface area contributed by atoms with Gasteiger partial charge in [0, 0.05) is 12.6 Å². The zero-order chi connectivity index (χ0) is 24.2. The van der Waals surface area contributed by atoms with E-state index < -0.39 is 47.0 Å². The fraction of sp³-hybridized carbons (Fsp3) is 0.792. The van der Waals surface area contributed by atoms with Crippen LogP contribution in [-0.4, -0.2) is 80.3 Å². The van der Waals surface area contributed by atoms with E-state index in [2.05, 4.69) is 6.58 Å². The van der Waals surface area contributed by atoms with E-state index in [4.69, 9.17) is 4.74 Å². The molecule has 32 heavy (non-hydrogen) atoms. The van der Waals surface area contributed by atoms with Crippen molar-refractivity contribution < 1.29 is 29.3 Å². The fourth-order valence-electron chi connectivity index (χ4n) is 6.36. The average Bonchev–Trinajstić information content (AvgIpc) is 3.23. The molecule has 0 aromatic carbocycles. The van der Waals surface area contributed by atoms with Crippen LogP contribution in [-0.2, 0) is 19.1 Å². The predicted octanol–water partition coefficient (Wildman–Crippen LogP) is 1.91. The number of aliphatic carboxylic acids is 1.